The highest BCUT2D eigenvalue weighted by Crippen LogP contribution is 2.34. The van der Waals surface area contributed by atoms with E-state index in [-0.39, 0.29) is 11.3 Å². The lowest BCUT2D eigenvalue weighted by Crippen LogP contribution is -2.30. The maximum Gasteiger partial charge on any atom is 0.183 e. The van der Waals surface area contributed by atoms with Gasteiger partial charge in [-0.1, -0.05) is 13.8 Å². The third-order valence-electron chi connectivity index (χ3n) is 3.04. The molecule has 2 rings (SSSR count). The van der Waals surface area contributed by atoms with Crippen LogP contribution in [0.15, 0.2) is 12.1 Å². The van der Waals surface area contributed by atoms with Crippen LogP contribution in [0.5, 0.6) is 0 Å². The molecule has 0 aromatic heterocycles. The molecule has 0 amide bonds. The summed E-state index contributed by atoms with van der Waals surface area (Å²) in [5.74, 6) is -1.56. The van der Waals surface area contributed by atoms with Gasteiger partial charge < -0.3 is 4.90 Å². The van der Waals surface area contributed by atoms with Crippen molar-refractivity contribution in [2.45, 2.75) is 32.7 Å². The predicted octanol–water partition coefficient (Wildman–Crippen LogP) is 3.46. The first-order valence-electron chi connectivity index (χ1n) is 6.19. The summed E-state index contributed by atoms with van der Waals surface area (Å²) in [7, 11) is 0. The van der Waals surface area contributed by atoms with Gasteiger partial charge in [0, 0.05) is 12.6 Å². The summed E-state index contributed by atoms with van der Waals surface area (Å²) in [6, 6.07) is 4.83. The van der Waals surface area contributed by atoms with Crippen LogP contribution in [-0.4, -0.2) is 12.6 Å². The molecule has 1 aliphatic carbocycles. The van der Waals surface area contributed by atoms with Crippen LogP contribution in [0.2, 0.25) is 0 Å². The second kappa shape index (κ2) is 4.93. The van der Waals surface area contributed by atoms with Gasteiger partial charge >= 0.3 is 0 Å². The lowest BCUT2D eigenvalue weighted by molar-refractivity contribution is 0.498. The summed E-state index contributed by atoms with van der Waals surface area (Å²) in [5, 5.41) is 8.67. The Hall–Kier alpha value is -1.63. The first-order chi connectivity index (χ1) is 8.54. The summed E-state index contributed by atoms with van der Waals surface area (Å²) in [6.07, 6.45) is 2.04. The Kier molecular flexibility index (Phi) is 3.51. The second-order valence-corrected chi connectivity index (χ2v) is 5.15. The van der Waals surface area contributed by atoms with E-state index in [0.717, 1.165) is 12.8 Å². The minimum atomic E-state index is -1.04. The standard InChI is InChI=1S/C14H16F2N2/c1-9(2)8-18(11-4-5-11)12-6-3-10(7-17)13(15)14(12)16/h3,6,9,11H,4-5,8H2,1-2H3. The number of hydrogen-bond acceptors (Lipinski definition) is 2. The summed E-state index contributed by atoms with van der Waals surface area (Å²) in [5.41, 5.74) is 0.0410. The molecule has 0 atom stereocenters. The van der Waals surface area contributed by atoms with Gasteiger partial charge in [-0.25, -0.2) is 8.78 Å². The Morgan fingerprint density at radius 1 is 1.33 bits per heavy atom. The minimum Gasteiger partial charge on any atom is -0.366 e. The van der Waals surface area contributed by atoms with Crippen LogP contribution in [0.4, 0.5) is 14.5 Å². The second-order valence-electron chi connectivity index (χ2n) is 5.15. The van der Waals surface area contributed by atoms with E-state index in [1.165, 1.54) is 12.1 Å². The zero-order valence-corrected chi connectivity index (χ0v) is 10.6. The number of benzene rings is 1. The van der Waals surface area contributed by atoms with E-state index in [9.17, 15) is 8.78 Å². The smallest absolute Gasteiger partial charge is 0.183 e. The van der Waals surface area contributed by atoms with Gasteiger partial charge in [0.15, 0.2) is 11.6 Å². The molecule has 0 aliphatic heterocycles. The first kappa shape index (κ1) is 12.8. The van der Waals surface area contributed by atoms with E-state index in [1.807, 2.05) is 18.7 Å². The zero-order chi connectivity index (χ0) is 13.3. The number of rotatable bonds is 4. The van der Waals surface area contributed by atoms with Gasteiger partial charge in [0.05, 0.1) is 11.3 Å². The van der Waals surface area contributed by atoms with E-state index in [1.54, 1.807) is 6.07 Å². The van der Waals surface area contributed by atoms with Gasteiger partial charge in [-0.05, 0) is 30.9 Å². The van der Waals surface area contributed by atoms with Crippen LogP contribution >= 0.6 is 0 Å². The molecule has 1 fully saturated rings. The van der Waals surface area contributed by atoms with Gasteiger partial charge in [0.1, 0.15) is 6.07 Å². The third kappa shape index (κ3) is 2.45. The quantitative estimate of drug-likeness (QED) is 0.818. The van der Waals surface area contributed by atoms with Crippen molar-refractivity contribution < 1.29 is 8.78 Å². The molecule has 96 valence electrons. The van der Waals surface area contributed by atoms with E-state index in [2.05, 4.69) is 0 Å². The molecule has 1 saturated carbocycles. The van der Waals surface area contributed by atoms with Gasteiger partial charge in [-0.3, -0.25) is 0 Å². The molecular weight excluding hydrogens is 234 g/mol. The summed E-state index contributed by atoms with van der Waals surface area (Å²) < 4.78 is 27.6. The van der Waals surface area contributed by atoms with Crippen molar-refractivity contribution in [3.8, 4) is 6.07 Å². The average Bonchev–Trinajstić information content (AvgIpc) is 3.14. The van der Waals surface area contributed by atoms with Crippen molar-refractivity contribution >= 4 is 5.69 Å². The summed E-state index contributed by atoms with van der Waals surface area (Å²) in [4.78, 5) is 1.92. The molecule has 0 saturated heterocycles. The maximum absolute atomic E-state index is 14.0. The normalized spacial score (nSPS) is 14.7. The average molecular weight is 250 g/mol. The number of nitriles is 1. The van der Waals surface area contributed by atoms with E-state index in [4.69, 9.17) is 5.26 Å². The van der Waals surface area contributed by atoms with Crippen LogP contribution in [-0.2, 0) is 0 Å². The fraction of sp³-hybridized carbons (Fsp3) is 0.500. The highest BCUT2D eigenvalue weighted by atomic mass is 19.2. The van der Waals surface area contributed by atoms with Crippen molar-refractivity contribution in [2.24, 2.45) is 5.92 Å². The number of hydrogen-bond donors (Lipinski definition) is 0. The molecule has 1 aliphatic rings. The molecule has 1 aromatic carbocycles. The van der Waals surface area contributed by atoms with Crippen molar-refractivity contribution in [1.82, 2.24) is 0 Å². The monoisotopic (exact) mass is 250 g/mol. The fourth-order valence-electron chi connectivity index (χ4n) is 2.07. The fourth-order valence-corrected chi connectivity index (χ4v) is 2.07. The molecular formula is C14H16F2N2. The van der Waals surface area contributed by atoms with Crippen molar-refractivity contribution in [3.05, 3.63) is 29.3 Å². The van der Waals surface area contributed by atoms with Gasteiger partial charge in [-0.15, -0.1) is 0 Å². The largest absolute Gasteiger partial charge is 0.366 e. The molecule has 0 spiro atoms. The molecule has 1 aromatic rings. The third-order valence-corrected chi connectivity index (χ3v) is 3.04. The minimum absolute atomic E-state index is 0.239. The summed E-state index contributed by atoms with van der Waals surface area (Å²) >= 11 is 0. The Labute approximate surface area is 106 Å². The Morgan fingerprint density at radius 3 is 2.50 bits per heavy atom. The molecule has 0 bridgehead atoms. The molecule has 0 N–H and O–H groups in total. The molecule has 2 nitrogen and oxygen atoms in total. The Balaban J connectivity index is 2.36. The Morgan fingerprint density at radius 2 is 2.00 bits per heavy atom. The van der Waals surface area contributed by atoms with Crippen molar-refractivity contribution in [1.29, 1.82) is 5.26 Å². The van der Waals surface area contributed by atoms with Crippen LogP contribution in [0.25, 0.3) is 0 Å². The van der Waals surface area contributed by atoms with Crippen LogP contribution < -0.4 is 4.90 Å². The van der Waals surface area contributed by atoms with E-state index in [0.29, 0.717) is 18.5 Å². The van der Waals surface area contributed by atoms with E-state index >= 15 is 0 Å². The first-order valence-corrected chi connectivity index (χ1v) is 6.19. The van der Waals surface area contributed by atoms with Crippen LogP contribution in [0.1, 0.15) is 32.3 Å². The lowest BCUT2D eigenvalue weighted by Gasteiger charge is -2.27. The summed E-state index contributed by atoms with van der Waals surface area (Å²) in [6.45, 7) is 4.80. The predicted molar refractivity (Wildman–Crippen MR) is 66.3 cm³/mol. The number of halogens is 2. The highest BCUT2D eigenvalue weighted by Gasteiger charge is 2.32. The number of anilines is 1. The number of nitrogens with zero attached hydrogens (tertiary/aromatic N) is 2. The SMILES string of the molecule is CC(C)CN(c1ccc(C#N)c(F)c1F)C1CC1. The van der Waals surface area contributed by atoms with Crippen molar-refractivity contribution in [2.75, 3.05) is 11.4 Å². The zero-order valence-electron chi connectivity index (χ0n) is 10.6. The van der Waals surface area contributed by atoms with Gasteiger partial charge in [-0.2, -0.15) is 5.26 Å². The maximum atomic E-state index is 14.0. The molecule has 0 radical (unpaired) electrons. The lowest BCUT2D eigenvalue weighted by atomic mass is 10.1. The molecule has 0 unspecified atom stereocenters. The topological polar surface area (TPSA) is 27.0 Å². The van der Waals surface area contributed by atoms with E-state index < -0.39 is 11.6 Å². The van der Waals surface area contributed by atoms with Crippen molar-refractivity contribution in [3.63, 3.8) is 0 Å². The van der Waals surface area contributed by atoms with Gasteiger partial charge in [0.2, 0.25) is 0 Å². The molecule has 0 heterocycles. The van der Waals surface area contributed by atoms with Gasteiger partial charge in [0.25, 0.3) is 0 Å². The van der Waals surface area contributed by atoms with Crippen LogP contribution in [0.3, 0.4) is 0 Å². The molecule has 4 heteroatoms. The Bertz CT molecular complexity index is 487. The highest BCUT2D eigenvalue weighted by molar-refractivity contribution is 5.53. The van der Waals surface area contributed by atoms with Crippen LogP contribution in [0, 0.1) is 28.9 Å². The molecule has 18 heavy (non-hydrogen) atoms.